The number of nitrogens with two attached hydrogens (primary N) is 1. The van der Waals surface area contributed by atoms with Gasteiger partial charge >= 0.3 is 5.97 Å². The molecule has 0 aromatic carbocycles. The Morgan fingerprint density at radius 3 is 2.92 bits per heavy atom. The van der Waals surface area contributed by atoms with E-state index in [2.05, 4.69) is 9.97 Å². The van der Waals surface area contributed by atoms with Gasteiger partial charge in [0.05, 0.1) is 6.33 Å². The van der Waals surface area contributed by atoms with Gasteiger partial charge in [0.25, 0.3) is 0 Å². The van der Waals surface area contributed by atoms with Crippen LogP contribution in [0.4, 0.5) is 0 Å². The van der Waals surface area contributed by atoms with Crippen LogP contribution in [0.15, 0.2) is 12.5 Å². The van der Waals surface area contributed by atoms with E-state index >= 15 is 0 Å². The molecule has 12 heavy (non-hydrogen) atoms. The largest absolute Gasteiger partial charge is 0.480 e. The fraction of sp³-hybridized carbons (Fsp3) is 0.333. The molecule has 1 atom stereocenters. The van der Waals surface area contributed by atoms with Crippen LogP contribution in [0.5, 0.6) is 0 Å². The first-order valence-corrected chi connectivity index (χ1v) is 3.16. The first kappa shape index (κ1) is 12.0. The van der Waals surface area contributed by atoms with Crippen LogP contribution in [0.3, 0.4) is 0 Å². The van der Waals surface area contributed by atoms with Gasteiger partial charge in [-0.15, -0.1) is 0 Å². The number of rotatable bonds is 3. The topological polar surface area (TPSA) is 92.0 Å². The monoisotopic (exact) mass is 313 g/mol. The number of nitrogens with one attached hydrogen (secondary N) is 1. The summed E-state index contributed by atoms with van der Waals surface area (Å²) in [5.74, 6) is -1.00. The number of aliphatic carboxylic acids is 1. The van der Waals surface area contributed by atoms with Gasteiger partial charge < -0.3 is 15.8 Å². The molecule has 1 rings (SSSR count). The van der Waals surface area contributed by atoms with E-state index in [0.717, 1.165) is 5.69 Å². The number of carbonyl (C=O) groups is 1. The van der Waals surface area contributed by atoms with Crippen LogP contribution >= 0.6 is 0 Å². The maximum absolute atomic E-state index is 10.3. The van der Waals surface area contributed by atoms with Crippen LogP contribution in [0.1, 0.15) is 5.69 Å². The van der Waals surface area contributed by atoms with Gasteiger partial charge in [0.2, 0.25) is 0 Å². The molecule has 0 unspecified atom stereocenters. The van der Waals surface area contributed by atoms with Gasteiger partial charge in [-0.2, -0.15) is 0 Å². The SMILES string of the molecule is N[C@@H](Cc1cnc[nH]1)C(=O)O.[Gd]. The van der Waals surface area contributed by atoms with Crippen molar-refractivity contribution >= 4 is 5.97 Å². The molecule has 0 radical (unpaired) electrons. The molecule has 5 nitrogen and oxygen atoms in total. The van der Waals surface area contributed by atoms with Crippen molar-refractivity contribution in [1.82, 2.24) is 9.97 Å². The molecule has 1 aromatic heterocycles. The number of imidazole rings is 1. The fourth-order valence-corrected chi connectivity index (χ4v) is 0.721. The molecule has 0 bridgehead atoms. The Balaban J connectivity index is 0.00000121. The van der Waals surface area contributed by atoms with Crippen molar-refractivity contribution in [2.24, 2.45) is 5.73 Å². The second kappa shape index (κ2) is 5.58. The molecule has 0 amide bonds. The zero-order chi connectivity index (χ0) is 8.27. The quantitative estimate of drug-likeness (QED) is 0.692. The van der Waals surface area contributed by atoms with Crippen molar-refractivity contribution in [3.8, 4) is 0 Å². The molecule has 4 N–H and O–H groups in total. The molecule has 0 saturated carbocycles. The third-order valence-electron chi connectivity index (χ3n) is 1.31. The molecule has 68 valence electrons. The summed E-state index contributed by atoms with van der Waals surface area (Å²) in [6, 6.07) is -0.851. The van der Waals surface area contributed by atoms with E-state index in [1.54, 1.807) is 6.20 Å². The van der Waals surface area contributed by atoms with Crippen molar-refractivity contribution < 1.29 is 49.8 Å². The summed E-state index contributed by atoms with van der Waals surface area (Å²) in [6.45, 7) is 0. The van der Waals surface area contributed by atoms with E-state index in [1.165, 1.54) is 6.33 Å². The van der Waals surface area contributed by atoms with Crippen LogP contribution in [0.2, 0.25) is 0 Å². The number of hydrogen-bond donors (Lipinski definition) is 3. The summed E-state index contributed by atoms with van der Waals surface area (Å²) in [4.78, 5) is 16.8. The van der Waals surface area contributed by atoms with Crippen molar-refractivity contribution in [3.05, 3.63) is 18.2 Å². The third kappa shape index (κ3) is 3.58. The summed E-state index contributed by atoms with van der Waals surface area (Å²) in [7, 11) is 0. The number of nitrogens with zero attached hydrogens (tertiary/aromatic N) is 1. The normalized spacial score (nSPS) is 11.8. The smallest absolute Gasteiger partial charge is 0.320 e. The third-order valence-corrected chi connectivity index (χ3v) is 1.31. The average Bonchev–Trinajstić information content (AvgIpc) is 2.39. The van der Waals surface area contributed by atoms with E-state index in [4.69, 9.17) is 10.8 Å². The fourth-order valence-electron chi connectivity index (χ4n) is 0.721. The number of carboxylic acid groups (broad SMARTS) is 1. The summed E-state index contributed by atoms with van der Waals surface area (Å²) in [5.41, 5.74) is 6.00. The molecule has 0 aliphatic carbocycles. The predicted octanol–water partition coefficient (Wildman–Crippen LogP) is -0.636. The van der Waals surface area contributed by atoms with E-state index in [-0.39, 0.29) is 46.4 Å². The van der Waals surface area contributed by atoms with Crippen molar-refractivity contribution in [2.75, 3.05) is 0 Å². The zero-order valence-electron chi connectivity index (χ0n) is 6.17. The van der Waals surface area contributed by atoms with E-state index in [1.807, 2.05) is 0 Å². The first-order chi connectivity index (χ1) is 5.20. The Hall–Kier alpha value is -0.0353. The van der Waals surface area contributed by atoms with Crippen LogP contribution in [0.25, 0.3) is 0 Å². The molecule has 6 heteroatoms. The molecule has 0 saturated heterocycles. The number of carboxylic acids is 1. The molecular weight excluding hydrogens is 303 g/mol. The van der Waals surface area contributed by atoms with Crippen LogP contribution in [0, 0.1) is 39.9 Å². The van der Waals surface area contributed by atoms with E-state index in [9.17, 15) is 4.79 Å². The Morgan fingerprint density at radius 1 is 1.83 bits per heavy atom. The van der Waals surface area contributed by atoms with Gasteiger partial charge in [-0.3, -0.25) is 4.79 Å². The minimum atomic E-state index is -1.00. The maximum atomic E-state index is 10.3. The van der Waals surface area contributed by atoms with Crippen LogP contribution < -0.4 is 5.73 Å². The van der Waals surface area contributed by atoms with Gasteiger partial charge in [-0.05, 0) is 0 Å². The number of aromatic nitrogens is 2. The summed E-state index contributed by atoms with van der Waals surface area (Å²) < 4.78 is 0. The second-order valence-electron chi connectivity index (χ2n) is 2.23. The predicted molar refractivity (Wildman–Crippen MR) is 37.9 cm³/mol. The van der Waals surface area contributed by atoms with Crippen molar-refractivity contribution in [3.63, 3.8) is 0 Å². The molecule has 1 heterocycles. The van der Waals surface area contributed by atoms with Crippen molar-refractivity contribution in [2.45, 2.75) is 12.5 Å². The summed E-state index contributed by atoms with van der Waals surface area (Å²) >= 11 is 0. The molecule has 0 spiro atoms. The Morgan fingerprint density at radius 2 is 2.50 bits per heavy atom. The Labute approximate surface area is 101 Å². The zero-order valence-corrected chi connectivity index (χ0v) is 8.44. The van der Waals surface area contributed by atoms with E-state index in [0.29, 0.717) is 0 Å². The molecule has 0 fully saturated rings. The van der Waals surface area contributed by atoms with E-state index < -0.39 is 12.0 Å². The van der Waals surface area contributed by atoms with Gasteiger partial charge in [-0.25, -0.2) is 4.98 Å². The molecular formula is C6H9GdN3O2. The van der Waals surface area contributed by atoms with Gasteiger partial charge in [0, 0.05) is 58.3 Å². The van der Waals surface area contributed by atoms with Crippen LogP contribution in [-0.4, -0.2) is 27.1 Å². The minimum Gasteiger partial charge on any atom is -0.480 e. The molecule has 1 aromatic rings. The van der Waals surface area contributed by atoms with Gasteiger partial charge in [0.1, 0.15) is 6.04 Å². The second-order valence-corrected chi connectivity index (χ2v) is 2.23. The standard InChI is InChI=1S/C6H9N3O2.Gd/c7-5(6(10)11)1-4-2-8-3-9-4;/h2-3,5H,1,7H2,(H,8,9)(H,10,11);/t5-;/m0./s1. The molecule has 0 aliphatic heterocycles. The maximum Gasteiger partial charge on any atom is 0.320 e. The Kier molecular flexibility index (Phi) is 5.57. The summed E-state index contributed by atoms with van der Waals surface area (Å²) in [6.07, 6.45) is 3.34. The first-order valence-electron chi connectivity index (χ1n) is 3.16. The van der Waals surface area contributed by atoms with Crippen LogP contribution in [-0.2, 0) is 11.2 Å². The minimum absolute atomic E-state index is 0. The Bertz CT molecular complexity index is 237. The number of aromatic amines is 1. The van der Waals surface area contributed by atoms with Gasteiger partial charge in [0.15, 0.2) is 0 Å². The summed E-state index contributed by atoms with van der Waals surface area (Å²) in [5, 5.41) is 8.42. The average molecular weight is 312 g/mol. The van der Waals surface area contributed by atoms with Crippen molar-refractivity contribution in [1.29, 1.82) is 0 Å². The van der Waals surface area contributed by atoms with Gasteiger partial charge in [-0.1, -0.05) is 0 Å². The number of H-pyrrole nitrogens is 1. The molecule has 0 aliphatic rings. The number of hydrogen-bond acceptors (Lipinski definition) is 3.